The molecule has 0 spiro atoms. The van der Waals surface area contributed by atoms with Crippen LogP contribution in [-0.4, -0.2) is 24.5 Å². The zero-order chi connectivity index (χ0) is 18.0. The fourth-order valence-electron chi connectivity index (χ4n) is 2.24. The molecule has 0 radical (unpaired) electrons. The van der Waals surface area contributed by atoms with Gasteiger partial charge in [0, 0.05) is 18.9 Å². The SMILES string of the molecule is C=CC(=O)OCCCCCCCC(=O)OC(=O)CCCCCCC. The van der Waals surface area contributed by atoms with Crippen LogP contribution in [0.5, 0.6) is 0 Å². The zero-order valence-corrected chi connectivity index (χ0v) is 15.0. The van der Waals surface area contributed by atoms with E-state index in [0.717, 1.165) is 57.4 Å². The van der Waals surface area contributed by atoms with Crippen LogP contribution in [-0.2, 0) is 23.9 Å². The molecule has 0 aromatic carbocycles. The van der Waals surface area contributed by atoms with Crippen molar-refractivity contribution in [2.45, 2.75) is 84.0 Å². The van der Waals surface area contributed by atoms with Gasteiger partial charge < -0.3 is 9.47 Å². The second kappa shape index (κ2) is 16.2. The van der Waals surface area contributed by atoms with Gasteiger partial charge in [0.2, 0.25) is 0 Å². The van der Waals surface area contributed by atoms with E-state index in [4.69, 9.17) is 9.47 Å². The van der Waals surface area contributed by atoms with Crippen molar-refractivity contribution in [2.24, 2.45) is 0 Å². The van der Waals surface area contributed by atoms with Crippen LogP contribution in [0.1, 0.15) is 84.0 Å². The molecule has 0 N–H and O–H groups in total. The summed E-state index contributed by atoms with van der Waals surface area (Å²) in [6.45, 7) is 5.87. The zero-order valence-electron chi connectivity index (χ0n) is 15.0. The summed E-state index contributed by atoms with van der Waals surface area (Å²) in [5.41, 5.74) is 0. The minimum atomic E-state index is -0.423. The minimum Gasteiger partial charge on any atom is -0.463 e. The molecule has 0 aliphatic carbocycles. The van der Waals surface area contributed by atoms with Gasteiger partial charge in [-0.1, -0.05) is 58.4 Å². The van der Waals surface area contributed by atoms with Crippen LogP contribution in [0.3, 0.4) is 0 Å². The Morgan fingerprint density at radius 3 is 1.83 bits per heavy atom. The highest BCUT2D eigenvalue weighted by molar-refractivity contribution is 5.85. The number of rotatable bonds is 15. The lowest BCUT2D eigenvalue weighted by atomic mass is 10.1. The molecule has 0 atom stereocenters. The maximum absolute atomic E-state index is 11.5. The van der Waals surface area contributed by atoms with Gasteiger partial charge >= 0.3 is 17.9 Å². The first-order valence-corrected chi connectivity index (χ1v) is 9.12. The van der Waals surface area contributed by atoms with Gasteiger partial charge in [-0.2, -0.15) is 0 Å². The summed E-state index contributed by atoms with van der Waals surface area (Å²) in [7, 11) is 0. The molecule has 0 rings (SSSR count). The van der Waals surface area contributed by atoms with Gasteiger partial charge in [-0.25, -0.2) is 4.79 Å². The molecule has 5 heteroatoms. The Balaban J connectivity index is 3.41. The number of hydrogen-bond donors (Lipinski definition) is 0. The number of carbonyl (C=O) groups excluding carboxylic acids is 3. The van der Waals surface area contributed by atoms with Gasteiger partial charge in [-0.3, -0.25) is 9.59 Å². The summed E-state index contributed by atoms with van der Waals surface area (Å²) in [4.78, 5) is 33.8. The average molecular weight is 340 g/mol. The first kappa shape index (κ1) is 22.4. The van der Waals surface area contributed by atoms with Crippen molar-refractivity contribution in [3.05, 3.63) is 12.7 Å². The second-order valence-electron chi connectivity index (χ2n) is 5.90. The third-order valence-corrected chi connectivity index (χ3v) is 3.65. The Hall–Kier alpha value is -1.65. The molecule has 0 bridgehead atoms. The molecule has 0 aromatic rings. The van der Waals surface area contributed by atoms with Gasteiger partial charge in [0.1, 0.15) is 0 Å². The average Bonchev–Trinajstić information content (AvgIpc) is 2.56. The lowest BCUT2D eigenvalue weighted by Crippen LogP contribution is -2.11. The van der Waals surface area contributed by atoms with E-state index < -0.39 is 17.9 Å². The summed E-state index contributed by atoms with van der Waals surface area (Å²) >= 11 is 0. The van der Waals surface area contributed by atoms with Gasteiger partial charge in [0.05, 0.1) is 6.61 Å². The topological polar surface area (TPSA) is 69.7 Å². The molecule has 0 aromatic heterocycles. The molecule has 0 saturated heterocycles. The number of unbranched alkanes of at least 4 members (excludes halogenated alkanes) is 8. The second-order valence-corrected chi connectivity index (χ2v) is 5.90. The molecule has 24 heavy (non-hydrogen) atoms. The summed E-state index contributed by atoms with van der Waals surface area (Å²) in [5.74, 6) is -1.22. The van der Waals surface area contributed by atoms with Crippen LogP contribution in [0, 0.1) is 0 Å². The van der Waals surface area contributed by atoms with Crippen molar-refractivity contribution in [3.63, 3.8) is 0 Å². The third kappa shape index (κ3) is 15.3. The van der Waals surface area contributed by atoms with Crippen LogP contribution >= 0.6 is 0 Å². The molecule has 0 saturated carbocycles. The van der Waals surface area contributed by atoms with E-state index in [1.54, 1.807) is 0 Å². The lowest BCUT2D eigenvalue weighted by molar-refractivity contribution is -0.159. The highest BCUT2D eigenvalue weighted by atomic mass is 16.6. The van der Waals surface area contributed by atoms with E-state index in [2.05, 4.69) is 13.5 Å². The van der Waals surface area contributed by atoms with E-state index in [-0.39, 0.29) is 6.42 Å². The van der Waals surface area contributed by atoms with Crippen molar-refractivity contribution in [3.8, 4) is 0 Å². The number of hydrogen-bond acceptors (Lipinski definition) is 5. The Kier molecular flexibility index (Phi) is 15.1. The van der Waals surface area contributed by atoms with Crippen LogP contribution in [0.15, 0.2) is 12.7 Å². The van der Waals surface area contributed by atoms with Gasteiger partial charge in [0.15, 0.2) is 0 Å². The molecule has 0 aliphatic rings. The maximum Gasteiger partial charge on any atom is 0.330 e. The lowest BCUT2D eigenvalue weighted by Gasteiger charge is -2.04. The summed E-state index contributed by atoms with van der Waals surface area (Å²) in [5, 5.41) is 0. The molecule has 5 nitrogen and oxygen atoms in total. The quantitative estimate of drug-likeness (QED) is 0.190. The molecule has 0 heterocycles. The predicted molar refractivity (Wildman–Crippen MR) is 93.3 cm³/mol. The highest BCUT2D eigenvalue weighted by Crippen LogP contribution is 2.08. The van der Waals surface area contributed by atoms with Crippen molar-refractivity contribution in [2.75, 3.05) is 6.61 Å². The molecule has 0 unspecified atom stereocenters. The first-order chi connectivity index (χ1) is 11.6. The predicted octanol–water partition coefficient (Wildman–Crippen LogP) is 4.49. The third-order valence-electron chi connectivity index (χ3n) is 3.65. The first-order valence-electron chi connectivity index (χ1n) is 9.12. The van der Waals surface area contributed by atoms with Crippen molar-refractivity contribution in [1.82, 2.24) is 0 Å². The van der Waals surface area contributed by atoms with E-state index in [0.29, 0.717) is 13.0 Å². The number of carbonyl (C=O) groups is 3. The van der Waals surface area contributed by atoms with Crippen LogP contribution < -0.4 is 0 Å². The molecule has 138 valence electrons. The van der Waals surface area contributed by atoms with Crippen molar-refractivity contribution < 1.29 is 23.9 Å². The van der Waals surface area contributed by atoms with Crippen LogP contribution in [0.2, 0.25) is 0 Å². The van der Waals surface area contributed by atoms with E-state index in [1.165, 1.54) is 12.8 Å². The molecular formula is C19H32O5. The summed E-state index contributed by atoms with van der Waals surface area (Å²) < 4.78 is 9.66. The van der Waals surface area contributed by atoms with Crippen molar-refractivity contribution in [1.29, 1.82) is 0 Å². The molecular weight excluding hydrogens is 308 g/mol. The van der Waals surface area contributed by atoms with Crippen molar-refractivity contribution >= 4 is 17.9 Å². The normalized spacial score (nSPS) is 10.2. The number of esters is 3. The van der Waals surface area contributed by atoms with Crippen LogP contribution in [0.4, 0.5) is 0 Å². The monoisotopic (exact) mass is 340 g/mol. The summed E-state index contributed by atoms with van der Waals surface area (Å²) in [6, 6.07) is 0. The van der Waals surface area contributed by atoms with Gasteiger partial charge in [0.25, 0.3) is 0 Å². The highest BCUT2D eigenvalue weighted by Gasteiger charge is 2.09. The Bertz CT molecular complexity index is 376. The minimum absolute atomic E-state index is 0.285. The van der Waals surface area contributed by atoms with Gasteiger partial charge in [-0.05, 0) is 19.3 Å². The van der Waals surface area contributed by atoms with Gasteiger partial charge in [-0.15, -0.1) is 0 Å². The summed E-state index contributed by atoms with van der Waals surface area (Å²) in [6.07, 6.45) is 11.4. The smallest absolute Gasteiger partial charge is 0.330 e. The number of ether oxygens (including phenoxy) is 2. The molecule has 0 fully saturated rings. The van der Waals surface area contributed by atoms with E-state index in [9.17, 15) is 14.4 Å². The Labute approximate surface area is 145 Å². The molecule has 0 aliphatic heterocycles. The Morgan fingerprint density at radius 2 is 1.29 bits per heavy atom. The van der Waals surface area contributed by atoms with E-state index >= 15 is 0 Å². The standard InChI is InChI=1S/C19H32O5/c1-3-5-6-8-11-14-18(21)24-19(22)15-12-9-7-10-13-16-23-17(20)4-2/h4H,2-3,5-16H2,1H3. The fourth-order valence-corrected chi connectivity index (χ4v) is 2.24. The fraction of sp³-hybridized carbons (Fsp3) is 0.737. The maximum atomic E-state index is 11.5. The molecule has 0 amide bonds. The largest absolute Gasteiger partial charge is 0.463 e. The van der Waals surface area contributed by atoms with Crippen LogP contribution in [0.25, 0.3) is 0 Å². The Morgan fingerprint density at radius 1 is 0.792 bits per heavy atom. The van der Waals surface area contributed by atoms with E-state index in [1.807, 2.05) is 0 Å².